The SMILES string of the molecule is [2H]C([2H])([2H])c1ccc(-c2c3c(c(C([2H])([2H])[2H])c[n+]2C)c2c4ccccc4cnc2n3C)c(C)c1. The number of aromatic nitrogens is 3. The molecule has 0 unspecified atom stereocenters. The number of nitrogens with zero attached hydrogens (tertiary/aromatic N) is 3. The van der Waals surface area contributed by atoms with Gasteiger partial charge >= 0.3 is 0 Å². The molecule has 0 amide bonds. The van der Waals surface area contributed by atoms with Crippen LogP contribution in [0.25, 0.3) is 44.0 Å². The zero-order valence-electron chi connectivity index (χ0n) is 22.0. The van der Waals surface area contributed by atoms with Crippen LogP contribution in [0.4, 0.5) is 0 Å². The number of fused-ring (bicyclic) bond motifs is 5. The Morgan fingerprint density at radius 3 is 2.68 bits per heavy atom. The van der Waals surface area contributed by atoms with E-state index in [1.165, 1.54) is 0 Å². The van der Waals surface area contributed by atoms with Gasteiger partial charge in [0.1, 0.15) is 18.2 Å². The average molecular weight is 373 g/mol. The van der Waals surface area contributed by atoms with Crippen molar-refractivity contribution in [2.75, 3.05) is 0 Å². The molecule has 0 aliphatic rings. The van der Waals surface area contributed by atoms with E-state index in [0.717, 1.165) is 38.5 Å². The summed E-state index contributed by atoms with van der Waals surface area (Å²) in [6, 6.07) is 13.0. The van der Waals surface area contributed by atoms with E-state index in [1.54, 1.807) is 18.3 Å². The predicted molar refractivity (Wildman–Crippen MR) is 117 cm³/mol. The maximum absolute atomic E-state index is 8.29. The van der Waals surface area contributed by atoms with Crippen LogP contribution in [0.5, 0.6) is 0 Å². The van der Waals surface area contributed by atoms with Crippen molar-refractivity contribution >= 4 is 32.7 Å². The number of benzene rings is 2. The minimum Gasteiger partial charge on any atom is -0.323 e. The molecule has 0 N–H and O–H groups in total. The molecule has 2 aromatic carbocycles. The third kappa shape index (κ3) is 2.22. The standard InChI is InChI=1S/C25H24N3/c1-15-10-11-19(16(2)12-15)23-24-21(17(3)14-27(23)4)22-20-9-7-6-8-18(20)13-26-25(22)28(24)5/h6-14H,1-5H3/q+1/i1D3,3D3. The molecule has 0 aliphatic heterocycles. The average Bonchev–Trinajstić information content (AvgIpc) is 3.05. The molecule has 5 aromatic rings. The van der Waals surface area contributed by atoms with Crippen LogP contribution in [0.15, 0.2) is 54.9 Å². The number of rotatable bonds is 1. The summed E-state index contributed by atoms with van der Waals surface area (Å²) in [5.41, 5.74) is 4.43. The van der Waals surface area contributed by atoms with Crippen molar-refractivity contribution in [1.29, 1.82) is 0 Å². The molecule has 3 heterocycles. The van der Waals surface area contributed by atoms with Crippen molar-refractivity contribution in [2.45, 2.75) is 20.6 Å². The summed E-state index contributed by atoms with van der Waals surface area (Å²) >= 11 is 0. The van der Waals surface area contributed by atoms with E-state index < -0.39 is 13.7 Å². The quantitative estimate of drug-likeness (QED) is 0.366. The normalized spacial score (nSPS) is 15.8. The predicted octanol–water partition coefficient (Wildman–Crippen LogP) is 5.30. The fraction of sp³-hybridized carbons (Fsp3) is 0.200. The van der Waals surface area contributed by atoms with Gasteiger partial charge in [0.15, 0.2) is 6.20 Å². The van der Waals surface area contributed by atoms with E-state index >= 15 is 0 Å². The van der Waals surface area contributed by atoms with E-state index in [9.17, 15) is 0 Å². The van der Waals surface area contributed by atoms with Crippen LogP contribution >= 0.6 is 0 Å². The topological polar surface area (TPSA) is 21.7 Å². The molecule has 0 atom stereocenters. The second-order valence-corrected chi connectivity index (χ2v) is 7.36. The Balaban J connectivity index is 2.00. The summed E-state index contributed by atoms with van der Waals surface area (Å²) in [6.45, 7) is -2.65. The van der Waals surface area contributed by atoms with Crippen LogP contribution in [0.3, 0.4) is 0 Å². The highest BCUT2D eigenvalue weighted by atomic mass is 15.0. The number of hydrogen-bond donors (Lipinski definition) is 0. The highest BCUT2D eigenvalue weighted by molar-refractivity contribution is 6.21. The highest BCUT2D eigenvalue weighted by Crippen LogP contribution is 2.38. The van der Waals surface area contributed by atoms with Gasteiger partial charge in [0, 0.05) is 43.2 Å². The lowest BCUT2D eigenvalue weighted by atomic mass is 9.98. The highest BCUT2D eigenvalue weighted by Gasteiger charge is 2.25. The lowest BCUT2D eigenvalue weighted by Crippen LogP contribution is -2.32. The Labute approximate surface area is 173 Å². The monoisotopic (exact) mass is 372 g/mol. The number of hydrogen-bond acceptors (Lipinski definition) is 1. The van der Waals surface area contributed by atoms with Crippen molar-refractivity contribution in [2.24, 2.45) is 14.1 Å². The first-order chi connectivity index (χ1) is 15.9. The Bertz CT molecular complexity index is 1610. The molecule has 138 valence electrons. The Morgan fingerprint density at radius 2 is 1.89 bits per heavy atom. The van der Waals surface area contributed by atoms with Crippen molar-refractivity contribution in [3.8, 4) is 11.3 Å². The van der Waals surface area contributed by atoms with Gasteiger partial charge < -0.3 is 4.57 Å². The molecule has 3 nitrogen and oxygen atoms in total. The van der Waals surface area contributed by atoms with Gasteiger partial charge in [0.05, 0.1) is 5.56 Å². The van der Waals surface area contributed by atoms with E-state index in [1.807, 2.05) is 66.7 Å². The summed E-state index contributed by atoms with van der Waals surface area (Å²) in [4.78, 5) is 4.70. The summed E-state index contributed by atoms with van der Waals surface area (Å²) in [7, 11) is 3.72. The van der Waals surface area contributed by atoms with Crippen molar-refractivity contribution in [1.82, 2.24) is 9.55 Å². The summed E-state index contributed by atoms with van der Waals surface area (Å²) in [6.07, 6.45) is 3.48. The maximum Gasteiger partial charge on any atom is 0.237 e. The van der Waals surface area contributed by atoms with E-state index in [0.29, 0.717) is 11.0 Å². The largest absolute Gasteiger partial charge is 0.323 e. The Hall–Kier alpha value is -3.20. The van der Waals surface area contributed by atoms with Crippen LogP contribution in [0.1, 0.15) is 24.9 Å². The lowest BCUT2D eigenvalue weighted by Gasteiger charge is -2.09. The summed E-state index contributed by atoms with van der Waals surface area (Å²) in [5, 5.41) is 3.33. The lowest BCUT2D eigenvalue weighted by molar-refractivity contribution is -0.659. The molecule has 5 rings (SSSR count). The van der Waals surface area contributed by atoms with Crippen molar-refractivity contribution < 1.29 is 12.8 Å². The second kappa shape index (κ2) is 5.90. The molecule has 0 bridgehead atoms. The van der Waals surface area contributed by atoms with Crippen LogP contribution in [-0.2, 0) is 14.1 Å². The number of aryl methyl sites for hydroxylation is 5. The first-order valence-corrected chi connectivity index (χ1v) is 9.20. The van der Waals surface area contributed by atoms with Gasteiger partial charge in [-0.25, -0.2) is 4.98 Å². The van der Waals surface area contributed by atoms with E-state index in [4.69, 9.17) is 13.2 Å². The van der Waals surface area contributed by atoms with Gasteiger partial charge in [-0.2, -0.15) is 4.57 Å². The van der Waals surface area contributed by atoms with Gasteiger partial charge in [0.25, 0.3) is 0 Å². The van der Waals surface area contributed by atoms with Gasteiger partial charge in [-0.1, -0.05) is 42.0 Å². The molecule has 0 saturated carbocycles. The Kier molecular flexibility index (Phi) is 2.44. The van der Waals surface area contributed by atoms with E-state index in [-0.39, 0.29) is 11.1 Å². The first kappa shape index (κ1) is 11.6. The van der Waals surface area contributed by atoms with E-state index in [2.05, 4.69) is 0 Å². The zero-order valence-corrected chi connectivity index (χ0v) is 16.0. The van der Waals surface area contributed by atoms with Gasteiger partial charge in [0.2, 0.25) is 5.69 Å². The molecular formula is C25H24N3+. The third-order valence-electron chi connectivity index (χ3n) is 5.57. The van der Waals surface area contributed by atoms with Gasteiger partial charge in [-0.3, -0.25) is 0 Å². The zero-order chi connectivity index (χ0) is 24.6. The molecule has 3 heteroatoms. The molecule has 0 fully saturated rings. The molecule has 0 saturated heterocycles. The fourth-order valence-electron chi connectivity index (χ4n) is 4.32. The van der Waals surface area contributed by atoms with Crippen LogP contribution in [0.2, 0.25) is 0 Å². The third-order valence-corrected chi connectivity index (χ3v) is 5.57. The van der Waals surface area contributed by atoms with Crippen molar-refractivity contribution in [3.05, 3.63) is 71.5 Å². The molecule has 0 aliphatic carbocycles. The minimum atomic E-state index is -2.33. The fourth-order valence-corrected chi connectivity index (χ4v) is 4.32. The Morgan fingerprint density at radius 1 is 1.04 bits per heavy atom. The molecule has 28 heavy (non-hydrogen) atoms. The van der Waals surface area contributed by atoms with Gasteiger partial charge in [-0.15, -0.1) is 0 Å². The summed E-state index contributed by atoms with van der Waals surface area (Å²) < 4.78 is 51.9. The van der Waals surface area contributed by atoms with Crippen LogP contribution < -0.4 is 4.57 Å². The first-order valence-electron chi connectivity index (χ1n) is 12.2. The van der Waals surface area contributed by atoms with Gasteiger partial charge in [-0.05, 0) is 37.6 Å². The molecule has 3 aromatic heterocycles. The number of pyridine rings is 2. The van der Waals surface area contributed by atoms with Crippen LogP contribution in [0, 0.1) is 20.6 Å². The minimum absolute atomic E-state index is 0.259. The smallest absolute Gasteiger partial charge is 0.237 e. The maximum atomic E-state index is 8.29. The van der Waals surface area contributed by atoms with Crippen molar-refractivity contribution in [3.63, 3.8) is 0 Å². The summed E-state index contributed by atoms with van der Waals surface area (Å²) in [5.74, 6) is 0. The molecular weight excluding hydrogens is 342 g/mol. The van der Waals surface area contributed by atoms with Crippen LogP contribution in [-0.4, -0.2) is 9.55 Å². The molecule has 0 spiro atoms. The second-order valence-electron chi connectivity index (χ2n) is 7.36. The molecule has 0 radical (unpaired) electrons.